The van der Waals surface area contributed by atoms with E-state index < -0.39 is 0 Å². The molecule has 0 aromatic heterocycles. The van der Waals surface area contributed by atoms with Crippen LogP contribution in [-0.4, -0.2) is 33.8 Å². The molecule has 0 aliphatic heterocycles. The molecule has 108 valence electrons. The molecule has 0 spiro atoms. The Hall–Kier alpha value is -1.22. The average Bonchev–Trinajstić information content (AvgIpc) is 2.37. The standard InChI is InChI=1S/C16H28N2O/c1-14(2)13-17-10-5-6-11-19-16-9-7-8-15(12-16)18(3)4/h7-9,12,14,17H,5-6,10-11,13H2,1-4H3. The lowest BCUT2D eigenvalue weighted by molar-refractivity contribution is 0.305. The third kappa shape index (κ3) is 7.06. The van der Waals surface area contributed by atoms with Crippen molar-refractivity contribution >= 4 is 5.69 Å². The Morgan fingerprint density at radius 3 is 2.68 bits per heavy atom. The van der Waals surface area contributed by atoms with Crippen LogP contribution in [-0.2, 0) is 0 Å². The van der Waals surface area contributed by atoms with Gasteiger partial charge in [-0.3, -0.25) is 0 Å². The van der Waals surface area contributed by atoms with E-state index in [0.717, 1.165) is 37.8 Å². The summed E-state index contributed by atoms with van der Waals surface area (Å²) in [4.78, 5) is 2.09. The second kappa shape index (κ2) is 8.81. The van der Waals surface area contributed by atoms with Gasteiger partial charge in [-0.1, -0.05) is 19.9 Å². The molecule has 0 aliphatic rings. The lowest BCUT2D eigenvalue weighted by Crippen LogP contribution is -2.21. The Balaban J connectivity index is 2.14. The van der Waals surface area contributed by atoms with Crippen LogP contribution in [0.5, 0.6) is 5.75 Å². The summed E-state index contributed by atoms with van der Waals surface area (Å²) in [5.41, 5.74) is 1.18. The average molecular weight is 264 g/mol. The van der Waals surface area contributed by atoms with Crippen LogP contribution in [0.4, 0.5) is 5.69 Å². The number of rotatable bonds is 9. The van der Waals surface area contributed by atoms with Crippen LogP contribution in [0.25, 0.3) is 0 Å². The van der Waals surface area contributed by atoms with Crippen LogP contribution in [0.2, 0.25) is 0 Å². The van der Waals surface area contributed by atoms with Crippen molar-refractivity contribution in [2.45, 2.75) is 26.7 Å². The summed E-state index contributed by atoms with van der Waals surface area (Å²) < 4.78 is 5.77. The number of hydrogen-bond donors (Lipinski definition) is 1. The minimum atomic E-state index is 0.727. The van der Waals surface area contributed by atoms with E-state index >= 15 is 0 Å². The topological polar surface area (TPSA) is 24.5 Å². The van der Waals surface area contributed by atoms with Crippen LogP contribution >= 0.6 is 0 Å². The Bertz CT molecular complexity index is 350. The lowest BCUT2D eigenvalue weighted by Gasteiger charge is -2.14. The lowest BCUT2D eigenvalue weighted by atomic mass is 10.2. The summed E-state index contributed by atoms with van der Waals surface area (Å²) in [6.45, 7) is 7.44. The van der Waals surface area contributed by atoms with Crippen molar-refractivity contribution in [3.8, 4) is 5.75 Å². The van der Waals surface area contributed by atoms with Crippen LogP contribution in [0.3, 0.4) is 0 Å². The molecule has 0 saturated carbocycles. The number of benzene rings is 1. The van der Waals surface area contributed by atoms with Gasteiger partial charge in [0, 0.05) is 25.8 Å². The summed E-state index contributed by atoms with van der Waals surface area (Å²) in [7, 11) is 4.08. The first-order chi connectivity index (χ1) is 9.09. The molecular weight excluding hydrogens is 236 g/mol. The highest BCUT2D eigenvalue weighted by Gasteiger charge is 1.98. The maximum absolute atomic E-state index is 5.77. The molecule has 1 aromatic carbocycles. The zero-order valence-corrected chi connectivity index (χ0v) is 12.8. The van der Waals surface area contributed by atoms with Gasteiger partial charge in [-0.25, -0.2) is 0 Å². The van der Waals surface area contributed by atoms with Crippen molar-refractivity contribution in [3.63, 3.8) is 0 Å². The van der Waals surface area contributed by atoms with E-state index in [4.69, 9.17) is 4.74 Å². The van der Waals surface area contributed by atoms with E-state index in [2.05, 4.69) is 36.2 Å². The van der Waals surface area contributed by atoms with Gasteiger partial charge in [0.2, 0.25) is 0 Å². The van der Waals surface area contributed by atoms with E-state index in [0.29, 0.717) is 0 Å². The minimum Gasteiger partial charge on any atom is -0.494 e. The first kappa shape index (κ1) is 15.8. The Labute approximate surface area is 118 Å². The maximum Gasteiger partial charge on any atom is 0.121 e. The van der Waals surface area contributed by atoms with Gasteiger partial charge in [-0.05, 0) is 44.0 Å². The first-order valence-corrected chi connectivity index (χ1v) is 7.20. The largest absolute Gasteiger partial charge is 0.494 e. The third-order valence-corrected chi connectivity index (χ3v) is 2.90. The second-order valence-corrected chi connectivity index (χ2v) is 5.55. The second-order valence-electron chi connectivity index (χ2n) is 5.55. The molecule has 3 nitrogen and oxygen atoms in total. The fourth-order valence-corrected chi connectivity index (χ4v) is 1.78. The molecule has 0 heterocycles. The summed E-state index contributed by atoms with van der Waals surface area (Å²) in [5.74, 6) is 1.69. The molecule has 1 aromatic rings. The molecule has 19 heavy (non-hydrogen) atoms. The molecular formula is C16H28N2O. The zero-order chi connectivity index (χ0) is 14.1. The third-order valence-electron chi connectivity index (χ3n) is 2.90. The molecule has 1 N–H and O–H groups in total. The van der Waals surface area contributed by atoms with Gasteiger partial charge in [0.15, 0.2) is 0 Å². The van der Waals surface area contributed by atoms with E-state index in [-0.39, 0.29) is 0 Å². The van der Waals surface area contributed by atoms with Crippen LogP contribution in [0, 0.1) is 5.92 Å². The number of ether oxygens (including phenoxy) is 1. The molecule has 0 bridgehead atoms. The number of unbranched alkanes of at least 4 members (excludes halogenated alkanes) is 1. The molecule has 0 fully saturated rings. The Morgan fingerprint density at radius 1 is 1.21 bits per heavy atom. The molecule has 0 saturated heterocycles. The van der Waals surface area contributed by atoms with E-state index in [1.165, 1.54) is 12.1 Å². The highest BCUT2D eigenvalue weighted by Crippen LogP contribution is 2.19. The summed E-state index contributed by atoms with van der Waals surface area (Å²) in [6.07, 6.45) is 2.26. The van der Waals surface area contributed by atoms with Gasteiger partial charge >= 0.3 is 0 Å². The normalized spacial score (nSPS) is 10.8. The fourth-order valence-electron chi connectivity index (χ4n) is 1.78. The molecule has 0 unspecified atom stereocenters. The number of nitrogens with zero attached hydrogens (tertiary/aromatic N) is 1. The maximum atomic E-state index is 5.77. The highest BCUT2D eigenvalue weighted by molar-refractivity contribution is 5.49. The molecule has 0 amide bonds. The van der Waals surface area contributed by atoms with Crippen molar-refractivity contribution in [3.05, 3.63) is 24.3 Å². The number of anilines is 1. The van der Waals surface area contributed by atoms with Gasteiger partial charge in [0.25, 0.3) is 0 Å². The minimum absolute atomic E-state index is 0.727. The van der Waals surface area contributed by atoms with Crippen molar-refractivity contribution in [1.82, 2.24) is 5.32 Å². The van der Waals surface area contributed by atoms with E-state index in [9.17, 15) is 0 Å². The predicted molar refractivity (Wildman–Crippen MR) is 83.2 cm³/mol. The number of nitrogens with one attached hydrogen (secondary N) is 1. The summed E-state index contributed by atoms with van der Waals surface area (Å²) in [6, 6.07) is 8.22. The summed E-state index contributed by atoms with van der Waals surface area (Å²) in [5, 5.41) is 3.45. The van der Waals surface area contributed by atoms with E-state index in [1.807, 2.05) is 26.2 Å². The molecule has 0 atom stereocenters. The van der Waals surface area contributed by atoms with E-state index in [1.54, 1.807) is 0 Å². The van der Waals surface area contributed by atoms with Gasteiger partial charge in [-0.15, -0.1) is 0 Å². The van der Waals surface area contributed by atoms with Crippen molar-refractivity contribution < 1.29 is 4.74 Å². The van der Waals surface area contributed by atoms with Crippen molar-refractivity contribution in [2.24, 2.45) is 5.92 Å². The van der Waals surface area contributed by atoms with Crippen molar-refractivity contribution in [1.29, 1.82) is 0 Å². The SMILES string of the molecule is CC(C)CNCCCCOc1cccc(N(C)C)c1. The predicted octanol–water partition coefficient (Wildman–Crippen LogP) is 3.16. The van der Waals surface area contributed by atoms with Gasteiger partial charge < -0.3 is 15.0 Å². The molecule has 3 heteroatoms. The summed E-state index contributed by atoms with van der Waals surface area (Å²) >= 11 is 0. The zero-order valence-electron chi connectivity index (χ0n) is 12.8. The van der Waals surface area contributed by atoms with Crippen LogP contribution < -0.4 is 15.0 Å². The number of hydrogen-bond acceptors (Lipinski definition) is 3. The molecule has 1 rings (SSSR count). The van der Waals surface area contributed by atoms with Gasteiger partial charge in [0.1, 0.15) is 5.75 Å². The first-order valence-electron chi connectivity index (χ1n) is 7.20. The molecule has 0 aliphatic carbocycles. The highest BCUT2D eigenvalue weighted by atomic mass is 16.5. The smallest absolute Gasteiger partial charge is 0.121 e. The monoisotopic (exact) mass is 264 g/mol. The Morgan fingerprint density at radius 2 is 2.00 bits per heavy atom. The molecule has 0 radical (unpaired) electrons. The Kier molecular flexibility index (Phi) is 7.34. The van der Waals surface area contributed by atoms with Crippen LogP contribution in [0.15, 0.2) is 24.3 Å². The van der Waals surface area contributed by atoms with Crippen LogP contribution in [0.1, 0.15) is 26.7 Å². The fraction of sp³-hybridized carbons (Fsp3) is 0.625. The van der Waals surface area contributed by atoms with Crippen molar-refractivity contribution in [2.75, 3.05) is 38.7 Å². The quantitative estimate of drug-likeness (QED) is 0.693. The van der Waals surface area contributed by atoms with Gasteiger partial charge in [0.05, 0.1) is 6.61 Å². The van der Waals surface area contributed by atoms with Gasteiger partial charge in [-0.2, -0.15) is 0 Å².